The molecule has 7 heteroatoms. The molecule has 1 aromatic carbocycles. The quantitative estimate of drug-likeness (QED) is 0.922. The molecule has 0 radical (unpaired) electrons. The number of hydrogen-bond donors (Lipinski definition) is 1. The van der Waals surface area contributed by atoms with Crippen LogP contribution in [-0.2, 0) is 16.6 Å². The summed E-state index contributed by atoms with van der Waals surface area (Å²) in [4.78, 5) is 0.0955. The van der Waals surface area contributed by atoms with Crippen LogP contribution in [0.1, 0.15) is 25.3 Å². The first kappa shape index (κ1) is 16.0. The van der Waals surface area contributed by atoms with Gasteiger partial charge >= 0.3 is 0 Å². The zero-order chi connectivity index (χ0) is 14.9. The highest BCUT2D eigenvalue weighted by molar-refractivity contribution is 7.89. The maximum Gasteiger partial charge on any atom is 0.244 e. The van der Waals surface area contributed by atoms with Crippen LogP contribution >= 0.6 is 23.2 Å². The predicted molar refractivity (Wildman–Crippen MR) is 81.5 cm³/mol. The first-order valence-electron chi connectivity index (χ1n) is 6.54. The molecule has 0 spiro atoms. The fourth-order valence-corrected chi connectivity index (χ4v) is 4.88. The summed E-state index contributed by atoms with van der Waals surface area (Å²) in [5.74, 6) is 0.360. The third-order valence-electron chi connectivity index (χ3n) is 3.56. The molecular formula is C13H18Cl2N2O2S. The maximum atomic E-state index is 12.7. The van der Waals surface area contributed by atoms with Crippen LogP contribution in [0.15, 0.2) is 17.0 Å². The number of nitrogens with zero attached hydrogens (tertiary/aromatic N) is 1. The van der Waals surface area contributed by atoms with Crippen LogP contribution in [-0.4, -0.2) is 25.8 Å². The Morgan fingerprint density at radius 3 is 2.65 bits per heavy atom. The number of sulfonamides is 1. The second-order valence-corrected chi connectivity index (χ2v) is 7.91. The molecular weight excluding hydrogens is 319 g/mol. The summed E-state index contributed by atoms with van der Waals surface area (Å²) >= 11 is 12.1. The minimum Gasteiger partial charge on any atom is -0.326 e. The summed E-state index contributed by atoms with van der Waals surface area (Å²) in [5.41, 5.74) is 6.16. The van der Waals surface area contributed by atoms with E-state index < -0.39 is 10.0 Å². The van der Waals surface area contributed by atoms with Gasteiger partial charge in [0.15, 0.2) is 0 Å². The molecule has 1 atom stereocenters. The fourth-order valence-electron chi connectivity index (χ4n) is 2.43. The second kappa shape index (κ2) is 6.20. The molecule has 0 aromatic heterocycles. The van der Waals surface area contributed by atoms with Crippen LogP contribution in [0.25, 0.3) is 0 Å². The minimum atomic E-state index is -3.59. The van der Waals surface area contributed by atoms with E-state index in [9.17, 15) is 8.42 Å². The molecule has 4 nitrogen and oxygen atoms in total. The molecule has 20 heavy (non-hydrogen) atoms. The molecule has 1 heterocycles. The van der Waals surface area contributed by atoms with Gasteiger partial charge in [0.2, 0.25) is 10.0 Å². The van der Waals surface area contributed by atoms with Crippen molar-refractivity contribution in [2.45, 2.75) is 31.2 Å². The Kier molecular flexibility index (Phi) is 4.97. The average Bonchev–Trinajstić information content (AvgIpc) is 2.38. The summed E-state index contributed by atoms with van der Waals surface area (Å²) in [6.07, 6.45) is 1.92. The summed E-state index contributed by atoms with van der Waals surface area (Å²) in [6, 6.07) is 2.94. The van der Waals surface area contributed by atoms with E-state index in [0.29, 0.717) is 29.6 Å². The zero-order valence-corrected chi connectivity index (χ0v) is 13.6. The summed E-state index contributed by atoms with van der Waals surface area (Å²) in [6.45, 7) is 3.29. The van der Waals surface area contributed by atoms with Gasteiger partial charge in [0.05, 0.1) is 5.02 Å². The van der Waals surface area contributed by atoms with Gasteiger partial charge in [-0.05, 0) is 36.5 Å². The highest BCUT2D eigenvalue weighted by Gasteiger charge is 2.30. The predicted octanol–water partition coefficient (Wildman–Crippen LogP) is 2.87. The maximum absolute atomic E-state index is 12.7. The van der Waals surface area contributed by atoms with Crippen molar-refractivity contribution in [2.75, 3.05) is 13.1 Å². The van der Waals surface area contributed by atoms with Crippen LogP contribution in [0.2, 0.25) is 10.0 Å². The van der Waals surface area contributed by atoms with E-state index in [4.69, 9.17) is 28.9 Å². The molecule has 1 aliphatic rings. The Hall–Kier alpha value is -0.330. The Morgan fingerprint density at radius 2 is 2.05 bits per heavy atom. The molecule has 1 fully saturated rings. The molecule has 2 rings (SSSR count). The van der Waals surface area contributed by atoms with E-state index in [2.05, 4.69) is 6.92 Å². The van der Waals surface area contributed by atoms with E-state index in [1.54, 1.807) is 0 Å². The van der Waals surface area contributed by atoms with Crippen molar-refractivity contribution in [2.24, 2.45) is 11.7 Å². The van der Waals surface area contributed by atoms with Crippen LogP contribution in [0.5, 0.6) is 0 Å². The molecule has 1 saturated heterocycles. The van der Waals surface area contributed by atoms with Crippen molar-refractivity contribution in [1.82, 2.24) is 4.31 Å². The number of rotatable bonds is 3. The van der Waals surface area contributed by atoms with Gasteiger partial charge in [-0.3, -0.25) is 0 Å². The first-order chi connectivity index (χ1) is 9.36. The number of piperidine rings is 1. The molecule has 112 valence electrons. The van der Waals surface area contributed by atoms with Gasteiger partial charge in [-0.25, -0.2) is 8.42 Å². The minimum absolute atomic E-state index is 0.0955. The lowest BCUT2D eigenvalue weighted by Gasteiger charge is -2.30. The Bertz CT molecular complexity index is 605. The Labute approximate surface area is 129 Å². The first-order valence-corrected chi connectivity index (χ1v) is 8.74. The summed E-state index contributed by atoms with van der Waals surface area (Å²) < 4.78 is 26.9. The van der Waals surface area contributed by atoms with Crippen LogP contribution < -0.4 is 5.73 Å². The molecule has 0 bridgehead atoms. The molecule has 0 aliphatic carbocycles. The Morgan fingerprint density at radius 1 is 1.35 bits per heavy atom. The smallest absolute Gasteiger partial charge is 0.244 e. The molecule has 0 amide bonds. The van der Waals surface area contributed by atoms with Crippen molar-refractivity contribution < 1.29 is 8.42 Å². The second-order valence-electron chi connectivity index (χ2n) is 5.19. The van der Waals surface area contributed by atoms with Gasteiger partial charge in [0, 0.05) is 24.7 Å². The van der Waals surface area contributed by atoms with Crippen LogP contribution in [0, 0.1) is 5.92 Å². The van der Waals surface area contributed by atoms with Crippen LogP contribution in [0.4, 0.5) is 0 Å². The highest BCUT2D eigenvalue weighted by atomic mass is 35.5. The van der Waals surface area contributed by atoms with Gasteiger partial charge in [-0.15, -0.1) is 0 Å². The average molecular weight is 337 g/mol. The van der Waals surface area contributed by atoms with Gasteiger partial charge in [0.25, 0.3) is 0 Å². The topological polar surface area (TPSA) is 63.4 Å². The number of benzene rings is 1. The van der Waals surface area contributed by atoms with Crippen molar-refractivity contribution >= 4 is 33.2 Å². The SMILES string of the molecule is CC1CCCN(S(=O)(=O)c2cc(CN)c(Cl)cc2Cl)C1. The third-order valence-corrected chi connectivity index (χ3v) is 6.24. The van der Waals surface area contributed by atoms with E-state index in [0.717, 1.165) is 12.8 Å². The number of hydrogen-bond acceptors (Lipinski definition) is 3. The molecule has 1 unspecified atom stereocenters. The van der Waals surface area contributed by atoms with Crippen molar-refractivity contribution in [1.29, 1.82) is 0 Å². The van der Waals surface area contributed by atoms with Crippen molar-refractivity contribution in [3.05, 3.63) is 27.7 Å². The van der Waals surface area contributed by atoms with E-state index in [1.165, 1.54) is 16.4 Å². The Balaban J connectivity index is 2.43. The fraction of sp³-hybridized carbons (Fsp3) is 0.538. The third kappa shape index (κ3) is 3.12. The lowest BCUT2D eigenvalue weighted by Crippen LogP contribution is -2.39. The lowest BCUT2D eigenvalue weighted by atomic mass is 10.0. The normalized spacial score (nSPS) is 21.1. The number of nitrogens with two attached hydrogens (primary N) is 1. The largest absolute Gasteiger partial charge is 0.326 e. The summed E-state index contributed by atoms with van der Waals surface area (Å²) in [7, 11) is -3.59. The molecule has 1 aliphatic heterocycles. The molecule has 2 N–H and O–H groups in total. The van der Waals surface area contributed by atoms with Crippen molar-refractivity contribution in [3.8, 4) is 0 Å². The van der Waals surface area contributed by atoms with E-state index >= 15 is 0 Å². The van der Waals surface area contributed by atoms with E-state index in [-0.39, 0.29) is 16.5 Å². The number of halogens is 2. The van der Waals surface area contributed by atoms with Crippen LogP contribution in [0.3, 0.4) is 0 Å². The molecule has 1 aromatic rings. The van der Waals surface area contributed by atoms with E-state index in [1.807, 2.05) is 0 Å². The monoisotopic (exact) mass is 336 g/mol. The standard InChI is InChI=1S/C13H18Cl2N2O2S/c1-9-3-2-4-17(8-9)20(18,19)13-5-10(7-16)11(14)6-12(13)15/h5-6,9H,2-4,7-8,16H2,1H3. The van der Waals surface area contributed by atoms with Gasteiger partial charge in [0.1, 0.15) is 4.90 Å². The van der Waals surface area contributed by atoms with Gasteiger partial charge in [-0.1, -0.05) is 30.1 Å². The van der Waals surface area contributed by atoms with Gasteiger partial charge in [-0.2, -0.15) is 4.31 Å². The van der Waals surface area contributed by atoms with Crippen molar-refractivity contribution in [3.63, 3.8) is 0 Å². The zero-order valence-electron chi connectivity index (χ0n) is 11.3. The summed E-state index contributed by atoms with van der Waals surface area (Å²) in [5, 5.41) is 0.536. The van der Waals surface area contributed by atoms with Gasteiger partial charge < -0.3 is 5.73 Å². The highest BCUT2D eigenvalue weighted by Crippen LogP contribution is 2.32. The molecule has 0 saturated carbocycles. The lowest BCUT2D eigenvalue weighted by molar-refractivity contribution is 0.281.